The first-order valence-electron chi connectivity index (χ1n) is 2.12. The van der Waals surface area contributed by atoms with Crippen LogP contribution in [0.3, 0.4) is 0 Å². The number of halogens is 3. The van der Waals surface area contributed by atoms with Gasteiger partial charge in [0.2, 0.25) is 0 Å². The Morgan fingerprint density at radius 2 is 1.78 bits per heavy atom. The minimum Gasteiger partial charge on any atom is -0.284 e. The Bertz CT molecular complexity index is 145. The van der Waals surface area contributed by atoms with E-state index in [0.717, 1.165) is 6.92 Å². The molecule has 0 aliphatic carbocycles. The molecule has 0 aromatic carbocycles. The molecule has 0 saturated heterocycles. The van der Waals surface area contributed by atoms with Gasteiger partial charge in [0, 0.05) is 0 Å². The van der Waals surface area contributed by atoms with Crippen molar-refractivity contribution >= 4 is 5.78 Å². The fourth-order valence-corrected chi connectivity index (χ4v) is 0.242. The topological polar surface area (TPSA) is 17.1 Å². The molecule has 0 bridgehead atoms. The molecular weight excluding hydrogens is 133 g/mol. The van der Waals surface area contributed by atoms with Crippen molar-refractivity contribution < 1.29 is 18.0 Å². The van der Waals surface area contributed by atoms with Crippen LogP contribution >= 0.6 is 0 Å². The second kappa shape index (κ2) is 2.21. The summed E-state index contributed by atoms with van der Waals surface area (Å²) < 4.78 is 33.9. The highest BCUT2D eigenvalue weighted by atomic mass is 19.4. The van der Waals surface area contributed by atoms with Crippen LogP contribution in [0.4, 0.5) is 13.2 Å². The number of alkyl halides is 3. The lowest BCUT2D eigenvalue weighted by Crippen LogP contribution is -2.22. The minimum atomic E-state index is -4.76. The van der Waals surface area contributed by atoms with Crippen LogP contribution in [0, 0.1) is 0 Å². The zero-order valence-electron chi connectivity index (χ0n) is 4.75. The molecule has 0 saturated carbocycles. The Hall–Kier alpha value is -0.800. The van der Waals surface area contributed by atoms with E-state index in [0.29, 0.717) is 0 Å². The van der Waals surface area contributed by atoms with Crippen LogP contribution in [0.1, 0.15) is 6.92 Å². The third-order valence-electron chi connectivity index (χ3n) is 0.645. The van der Waals surface area contributed by atoms with E-state index in [1.54, 1.807) is 0 Å². The molecule has 0 atom stereocenters. The molecule has 0 spiro atoms. The van der Waals surface area contributed by atoms with Crippen molar-refractivity contribution in [1.82, 2.24) is 0 Å². The van der Waals surface area contributed by atoms with Crippen LogP contribution in [0.25, 0.3) is 0 Å². The molecule has 0 N–H and O–H groups in total. The Balaban J connectivity index is 4.23. The van der Waals surface area contributed by atoms with E-state index in [-0.39, 0.29) is 0 Å². The predicted octanol–water partition coefficient (Wildman–Crippen LogP) is 1.69. The highest BCUT2D eigenvalue weighted by Crippen LogP contribution is 2.18. The minimum absolute atomic E-state index is 0.484. The number of carbonyl (C=O) groups excluding carboxylic acids is 1. The molecule has 0 radical (unpaired) electrons. The summed E-state index contributed by atoms with van der Waals surface area (Å²) >= 11 is 0. The average Bonchev–Trinajstić information content (AvgIpc) is 1.62. The van der Waals surface area contributed by atoms with Gasteiger partial charge in [-0.3, -0.25) is 4.79 Å². The third kappa shape index (κ3) is 2.30. The molecule has 0 fully saturated rings. The summed E-state index contributed by atoms with van der Waals surface area (Å²) in [4.78, 5) is 9.94. The van der Waals surface area contributed by atoms with E-state index in [1.807, 2.05) is 0 Å². The van der Waals surface area contributed by atoms with Crippen molar-refractivity contribution in [2.24, 2.45) is 0 Å². The maximum atomic E-state index is 11.3. The smallest absolute Gasteiger partial charge is 0.284 e. The number of ketones is 1. The van der Waals surface area contributed by atoms with Crippen LogP contribution in [0.2, 0.25) is 0 Å². The van der Waals surface area contributed by atoms with Gasteiger partial charge in [-0.15, -0.1) is 0 Å². The maximum Gasteiger partial charge on any atom is 0.454 e. The Morgan fingerprint density at radius 1 is 1.44 bits per heavy atom. The summed E-state index contributed by atoms with van der Waals surface area (Å²) in [5.74, 6) is -1.86. The van der Waals surface area contributed by atoms with E-state index in [9.17, 15) is 18.0 Å². The number of rotatable bonds is 1. The maximum absolute atomic E-state index is 11.3. The molecule has 1 nitrogen and oxygen atoms in total. The molecule has 0 aromatic heterocycles. The fourth-order valence-electron chi connectivity index (χ4n) is 0.242. The predicted molar refractivity (Wildman–Crippen MR) is 25.9 cm³/mol. The van der Waals surface area contributed by atoms with Gasteiger partial charge in [-0.1, -0.05) is 6.58 Å². The summed E-state index contributed by atoms with van der Waals surface area (Å²) in [6.45, 7) is 3.88. The zero-order valence-corrected chi connectivity index (χ0v) is 4.75. The molecule has 4 heteroatoms. The fraction of sp³-hybridized carbons (Fsp3) is 0.400. The third-order valence-corrected chi connectivity index (χ3v) is 0.645. The molecule has 0 aromatic rings. The summed E-state index contributed by atoms with van der Waals surface area (Å²) in [6, 6.07) is 0. The van der Waals surface area contributed by atoms with Gasteiger partial charge in [-0.25, -0.2) is 0 Å². The lowest BCUT2D eigenvalue weighted by molar-refractivity contribution is -0.166. The largest absolute Gasteiger partial charge is 0.454 e. The lowest BCUT2D eigenvalue weighted by atomic mass is 10.2. The van der Waals surface area contributed by atoms with Crippen molar-refractivity contribution in [3.63, 3.8) is 0 Å². The zero-order chi connectivity index (χ0) is 7.65. The number of hydrogen-bond acceptors (Lipinski definition) is 1. The number of hydrogen-bond donors (Lipinski definition) is 0. The molecule has 0 unspecified atom stereocenters. The van der Waals surface area contributed by atoms with Crippen LogP contribution in [0.5, 0.6) is 0 Å². The van der Waals surface area contributed by atoms with Crippen molar-refractivity contribution in [3.8, 4) is 0 Å². The standard InChI is InChI=1S/C5H5F3O/c1-3(2)4(9)5(6,7)8/h1H2,2H3. The van der Waals surface area contributed by atoms with Gasteiger partial charge in [0.05, 0.1) is 0 Å². The van der Waals surface area contributed by atoms with Crippen molar-refractivity contribution in [1.29, 1.82) is 0 Å². The highest BCUT2D eigenvalue weighted by Gasteiger charge is 2.38. The monoisotopic (exact) mass is 138 g/mol. The highest BCUT2D eigenvalue weighted by molar-refractivity contribution is 5.98. The van der Waals surface area contributed by atoms with E-state index in [4.69, 9.17) is 0 Å². The first-order chi connectivity index (χ1) is 3.85. The van der Waals surface area contributed by atoms with Gasteiger partial charge >= 0.3 is 6.18 Å². The molecular formula is C5H5F3O. The Kier molecular flexibility index (Phi) is 2.01. The van der Waals surface area contributed by atoms with Gasteiger partial charge in [-0.05, 0) is 12.5 Å². The number of carbonyl (C=O) groups is 1. The van der Waals surface area contributed by atoms with Crippen molar-refractivity contribution in [2.45, 2.75) is 13.1 Å². The molecule has 9 heavy (non-hydrogen) atoms. The van der Waals surface area contributed by atoms with E-state index in [1.165, 1.54) is 0 Å². The van der Waals surface area contributed by atoms with Crippen LogP contribution in [-0.4, -0.2) is 12.0 Å². The normalized spacial score (nSPS) is 11.1. The van der Waals surface area contributed by atoms with Gasteiger partial charge in [0.1, 0.15) is 0 Å². The molecule has 0 amide bonds. The average molecular weight is 138 g/mol. The lowest BCUT2D eigenvalue weighted by Gasteiger charge is -2.01. The quantitative estimate of drug-likeness (QED) is 0.504. The van der Waals surface area contributed by atoms with E-state index in [2.05, 4.69) is 6.58 Å². The van der Waals surface area contributed by atoms with Crippen LogP contribution in [0.15, 0.2) is 12.2 Å². The summed E-state index contributed by atoms with van der Waals surface area (Å²) in [5, 5.41) is 0. The number of allylic oxidation sites excluding steroid dienone is 1. The Morgan fingerprint density at radius 3 is 1.78 bits per heavy atom. The van der Waals surface area contributed by atoms with Crippen LogP contribution < -0.4 is 0 Å². The van der Waals surface area contributed by atoms with Gasteiger partial charge in [0.15, 0.2) is 0 Å². The van der Waals surface area contributed by atoms with Crippen LogP contribution in [-0.2, 0) is 4.79 Å². The van der Waals surface area contributed by atoms with E-state index >= 15 is 0 Å². The number of Topliss-reactive ketones (excluding diaryl/α,β-unsaturated/α-hetero) is 1. The Labute approximate surface area is 50.2 Å². The summed E-state index contributed by atoms with van der Waals surface area (Å²) in [7, 11) is 0. The SMILES string of the molecule is C=C(C)C(=O)C(F)(F)F. The first-order valence-corrected chi connectivity index (χ1v) is 2.12. The van der Waals surface area contributed by atoms with Gasteiger partial charge < -0.3 is 0 Å². The van der Waals surface area contributed by atoms with Crippen molar-refractivity contribution in [3.05, 3.63) is 12.2 Å². The van der Waals surface area contributed by atoms with Gasteiger partial charge in [-0.2, -0.15) is 13.2 Å². The first kappa shape index (κ1) is 8.20. The molecule has 0 aliphatic rings. The second-order valence-electron chi connectivity index (χ2n) is 1.61. The van der Waals surface area contributed by atoms with E-state index < -0.39 is 17.5 Å². The molecule has 0 rings (SSSR count). The molecule has 52 valence electrons. The second-order valence-corrected chi connectivity index (χ2v) is 1.61. The van der Waals surface area contributed by atoms with Gasteiger partial charge in [0.25, 0.3) is 5.78 Å². The summed E-state index contributed by atoms with van der Waals surface area (Å²) in [6.07, 6.45) is -4.76. The molecule has 0 heterocycles. The molecule has 0 aliphatic heterocycles. The van der Waals surface area contributed by atoms with Crippen molar-refractivity contribution in [2.75, 3.05) is 0 Å². The summed E-state index contributed by atoms with van der Waals surface area (Å²) in [5.41, 5.74) is -0.484.